The molecule has 1 aliphatic rings. The number of carbonyl (C=O) groups excluding carboxylic acids is 4. The highest BCUT2D eigenvalue weighted by Gasteiger charge is 2.41. The maximum atomic E-state index is 14.1. The van der Waals surface area contributed by atoms with E-state index in [0.29, 0.717) is 5.69 Å². The summed E-state index contributed by atoms with van der Waals surface area (Å²) in [4.78, 5) is 73.8. The van der Waals surface area contributed by atoms with E-state index < -0.39 is 65.9 Å². The molecule has 0 saturated carbocycles. The highest BCUT2D eigenvalue weighted by Crippen LogP contribution is 2.26. The standard InChI is InChI=1S/C34H43N5O9/c1-19(2)11-26(30(42)33(45)46)37-32(44)27(14-23-16-35-18-36-23)38-31(43)22(12-21-9-6-8-20-7-4-5-10-25(20)21)13-29(41)39-17-24(40)15-28(39)34(47)48-3/h4-10,16,18-19,22,24,26-28,30,40,42H,11-15,17H2,1-3H3,(H,35,36)(H,37,44)(H,38,43)(H,45,46)/t22?,24?,26-,27-,28-,30?/m0/s1. The summed E-state index contributed by atoms with van der Waals surface area (Å²) < 4.78 is 4.84. The van der Waals surface area contributed by atoms with E-state index in [2.05, 4.69) is 20.6 Å². The molecule has 6 N–H and O–H groups in total. The van der Waals surface area contributed by atoms with Crippen LogP contribution in [0.25, 0.3) is 10.8 Å². The molecule has 1 aliphatic heterocycles. The highest BCUT2D eigenvalue weighted by atomic mass is 16.5. The minimum Gasteiger partial charge on any atom is -0.479 e. The Labute approximate surface area is 277 Å². The summed E-state index contributed by atoms with van der Waals surface area (Å²) in [6.07, 6.45) is -0.0237. The molecule has 1 aromatic heterocycles. The van der Waals surface area contributed by atoms with Gasteiger partial charge in [0.15, 0.2) is 6.10 Å². The van der Waals surface area contributed by atoms with Gasteiger partial charge in [0.25, 0.3) is 0 Å². The number of rotatable bonds is 15. The van der Waals surface area contributed by atoms with Crippen LogP contribution in [-0.2, 0) is 41.6 Å². The Morgan fingerprint density at radius 1 is 1.04 bits per heavy atom. The third-order valence-corrected chi connectivity index (χ3v) is 8.50. The number of likely N-dealkylation sites (tertiary alicyclic amines) is 1. The molecule has 3 aromatic rings. The van der Waals surface area contributed by atoms with Gasteiger partial charge in [-0.15, -0.1) is 0 Å². The second-order valence-corrected chi connectivity index (χ2v) is 12.6. The number of nitrogens with one attached hydrogen (secondary N) is 3. The first-order valence-electron chi connectivity index (χ1n) is 15.9. The van der Waals surface area contributed by atoms with E-state index in [0.717, 1.165) is 16.3 Å². The van der Waals surface area contributed by atoms with Crippen LogP contribution in [0.5, 0.6) is 0 Å². The molecule has 1 saturated heterocycles. The molecule has 0 radical (unpaired) electrons. The van der Waals surface area contributed by atoms with Crippen LogP contribution in [0.15, 0.2) is 55.0 Å². The van der Waals surface area contributed by atoms with Crippen LogP contribution >= 0.6 is 0 Å². The first-order chi connectivity index (χ1) is 22.9. The third-order valence-electron chi connectivity index (χ3n) is 8.50. The Hall–Kier alpha value is -4.82. The number of esters is 1. The molecule has 0 spiro atoms. The molecular formula is C34H43N5O9. The van der Waals surface area contributed by atoms with Crippen molar-refractivity contribution >= 4 is 40.4 Å². The van der Waals surface area contributed by atoms with Crippen LogP contribution in [0.3, 0.4) is 0 Å². The smallest absolute Gasteiger partial charge is 0.334 e. The molecule has 2 aromatic carbocycles. The quantitative estimate of drug-likeness (QED) is 0.127. The average molecular weight is 666 g/mol. The number of aromatic amines is 1. The molecule has 14 nitrogen and oxygen atoms in total. The second-order valence-electron chi connectivity index (χ2n) is 12.6. The fourth-order valence-corrected chi connectivity index (χ4v) is 6.11. The number of fused-ring (bicyclic) bond motifs is 1. The minimum atomic E-state index is -1.88. The Bertz CT molecular complexity index is 1590. The number of benzene rings is 2. The maximum absolute atomic E-state index is 14.1. The van der Waals surface area contributed by atoms with Gasteiger partial charge in [0.05, 0.1) is 37.2 Å². The lowest BCUT2D eigenvalue weighted by molar-refractivity contribution is -0.151. The lowest BCUT2D eigenvalue weighted by Crippen LogP contribution is -2.56. The van der Waals surface area contributed by atoms with E-state index >= 15 is 0 Å². The van der Waals surface area contributed by atoms with Crippen molar-refractivity contribution in [2.75, 3.05) is 13.7 Å². The molecular weight excluding hydrogens is 622 g/mol. The number of imidazole rings is 1. The summed E-state index contributed by atoms with van der Waals surface area (Å²) in [6, 6.07) is 9.80. The number of β-amino-alcohol motifs (C(OH)–C–C–N with tert-alkyl or cyclic N) is 1. The lowest BCUT2D eigenvalue weighted by Gasteiger charge is -2.28. The lowest BCUT2D eigenvalue weighted by atomic mass is 9.91. The number of nitrogens with zero attached hydrogens (tertiary/aromatic N) is 2. The third kappa shape index (κ3) is 9.16. The van der Waals surface area contributed by atoms with Crippen LogP contribution in [0.1, 0.15) is 44.4 Å². The second kappa shape index (κ2) is 16.3. The van der Waals surface area contributed by atoms with Crippen LogP contribution in [0.4, 0.5) is 0 Å². The number of aliphatic hydroxyl groups is 2. The maximum Gasteiger partial charge on any atom is 0.334 e. The summed E-state index contributed by atoms with van der Waals surface area (Å²) in [5.41, 5.74) is 1.21. The molecule has 14 heteroatoms. The van der Waals surface area contributed by atoms with Crippen molar-refractivity contribution in [2.45, 2.75) is 76.3 Å². The summed E-state index contributed by atoms with van der Waals surface area (Å²) >= 11 is 0. The van der Waals surface area contributed by atoms with Gasteiger partial charge in [-0.3, -0.25) is 14.4 Å². The molecule has 2 heterocycles. The van der Waals surface area contributed by atoms with E-state index in [-0.39, 0.29) is 44.6 Å². The number of H-pyrrole nitrogens is 1. The molecule has 0 bridgehead atoms. The summed E-state index contributed by atoms with van der Waals surface area (Å²) in [7, 11) is 1.19. The van der Waals surface area contributed by atoms with Gasteiger partial charge < -0.3 is 40.6 Å². The number of hydrogen-bond acceptors (Lipinski definition) is 9. The number of aliphatic hydroxyl groups excluding tert-OH is 2. The van der Waals surface area contributed by atoms with E-state index in [9.17, 15) is 39.3 Å². The SMILES string of the molecule is COC(=O)[C@@H]1CC(O)CN1C(=O)CC(Cc1cccc2ccccc12)C(=O)N[C@@H](Cc1c[nH]cn1)C(=O)N[C@@H](CC(C)C)C(O)C(=O)O. The van der Waals surface area contributed by atoms with Gasteiger partial charge in [0.1, 0.15) is 12.1 Å². The van der Waals surface area contributed by atoms with Gasteiger partial charge >= 0.3 is 11.9 Å². The zero-order chi connectivity index (χ0) is 35.0. The number of amides is 3. The largest absolute Gasteiger partial charge is 0.479 e. The van der Waals surface area contributed by atoms with Crippen LogP contribution in [-0.4, -0.2) is 104 Å². The Kier molecular flexibility index (Phi) is 12.3. The summed E-state index contributed by atoms with van der Waals surface area (Å²) in [5.74, 6) is -5.19. The van der Waals surface area contributed by atoms with Crippen molar-refractivity contribution in [1.29, 1.82) is 0 Å². The number of methoxy groups -OCH3 is 1. The number of aromatic nitrogens is 2. The van der Waals surface area contributed by atoms with Gasteiger partial charge in [-0.25, -0.2) is 14.6 Å². The monoisotopic (exact) mass is 665 g/mol. The van der Waals surface area contributed by atoms with Crippen molar-refractivity contribution in [3.63, 3.8) is 0 Å². The number of carboxylic acid groups (broad SMARTS) is 1. The number of aliphatic carboxylic acids is 1. The number of hydrogen-bond donors (Lipinski definition) is 6. The van der Waals surface area contributed by atoms with Crippen molar-refractivity contribution < 1.29 is 44.0 Å². The van der Waals surface area contributed by atoms with Crippen LogP contribution in [0, 0.1) is 11.8 Å². The number of ether oxygens (including phenoxy) is 1. The molecule has 3 unspecified atom stereocenters. The van der Waals surface area contributed by atoms with Crippen LogP contribution < -0.4 is 10.6 Å². The highest BCUT2D eigenvalue weighted by molar-refractivity contribution is 5.93. The van der Waals surface area contributed by atoms with E-state index in [1.54, 1.807) is 6.20 Å². The predicted molar refractivity (Wildman–Crippen MR) is 173 cm³/mol. The minimum absolute atomic E-state index is 0.00421. The van der Waals surface area contributed by atoms with Gasteiger partial charge in [-0.05, 0) is 35.1 Å². The topological polar surface area (TPSA) is 211 Å². The zero-order valence-corrected chi connectivity index (χ0v) is 27.2. The molecule has 1 fully saturated rings. The summed E-state index contributed by atoms with van der Waals surface area (Å²) in [6.45, 7) is 3.53. The van der Waals surface area contributed by atoms with Crippen molar-refractivity contribution in [3.05, 3.63) is 66.2 Å². The Morgan fingerprint density at radius 3 is 2.44 bits per heavy atom. The molecule has 48 heavy (non-hydrogen) atoms. The van der Waals surface area contributed by atoms with Crippen molar-refractivity contribution in [3.8, 4) is 0 Å². The zero-order valence-electron chi connectivity index (χ0n) is 27.2. The van der Waals surface area contributed by atoms with E-state index in [4.69, 9.17) is 4.74 Å². The summed E-state index contributed by atoms with van der Waals surface area (Å²) in [5, 5.41) is 37.2. The van der Waals surface area contributed by atoms with Gasteiger partial charge in [-0.1, -0.05) is 56.3 Å². The van der Waals surface area contributed by atoms with E-state index in [1.165, 1.54) is 18.3 Å². The predicted octanol–water partition coefficient (Wildman–Crippen LogP) is 0.950. The fourth-order valence-electron chi connectivity index (χ4n) is 6.11. The van der Waals surface area contributed by atoms with Crippen molar-refractivity contribution in [2.24, 2.45) is 11.8 Å². The first kappa shape index (κ1) is 36.0. The van der Waals surface area contributed by atoms with Gasteiger partial charge in [0.2, 0.25) is 17.7 Å². The van der Waals surface area contributed by atoms with Gasteiger partial charge in [0, 0.05) is 32.0 Å². The normalized spacial score (nSPS) is 18.6. The first-order valence-corrected chi connectivity index (χ1v) is 15.9. The molecule has 0 aliphatic carbocycles. The Morgan fingerprint density at radius 2 is 1.77 bits per heavy atom. The number of carbonyl (C=O) groups is 5. The molecule has 3 amide bonds. The average Bonchev–Trinajstić information content (AvgIpc) is 3.72. The molecule has 258 valence electrons. The molecule has 4 rings (SSSR count). The van der Waals surface area contributed by atoms with Crippen molar-refractivity contribution in [1.82, 2.24) is 25.5 Å². The molecule has 6 atom stereocenters. The van der Waals surface area contributed by atoms with E-state index in [1.807, 2.05) is 56.3 Å². The van der Waals surface area contributed by atoms with Gasteiger partial charge in [-0.2, -0.15) is 0 Å². The van der Waals surface area contributed by atoms with Crippen LogP contribution in [0.2, 0.25) is 0 Å². The fraction of sp³-hybridized carbons (Fsp3) is 0.471. The Balaban J connectivity index is 1.64. The number of carboxylic acids is 1.